The van der Waals surface area contributed by atoms with Crippen LogP contribution in [0.4, 0.5) is 0 Å². The van der Waals surface area contributed by atoms with Crippen molar-refractivity contribution in [1.82, 2.24) is 0 Å². The second-order valence-corrected chi connectivity index (χ2v) is 18.6. The Morgan fingerprint density at radius 3 is 0.985 bits per heavy atom. The summed E-state index contributed by atoms with van der Waals surface area (Å²) in [6.07, 6.45) is 68.9. The summed E-state index contributed by atoms with van der Waals surface area (Å²) in [5.41, 5.74) is 0. The first-order valence-corrected chi connectivity index (χ1v) is 28.0. The van der Waals surface area contributed by atoms with Gasteiger partial charge in [0.25, 0.3) is 0 Å². The number of carbonyl (C=O) groups excluding carboxylic acids is 3. The van der Waals surface area contributed by atoms with Gasteiger partial charge in [-0.2, -0.15) is 0 Å². The fraction of sp³-hybridized carbons (Fsp3) is 0.750. The van der Waals surface area contributed by atoms with Gasteiger partial charge in [0, 0.05) is 19.3 Å². The van der Waals surface area contributed by atoms with E-state index in [1.165, 1.54) is 161 Å². The zero-order valence-corrected chi connectivity index (χ0v) is 43.4. The normalized spacial score (nSPS) is 12.6. The summed E-state index contributed by atoms with van der Waals surface area (Å²) in [6, 6.07) is 0. The highest BCUT2D eigenvalue weighted by Crippen LogP contribution is 2.16. The average molecular weight is 921 g/mol. The maximum Gasteiger partial charge on any atom is 0.306 e. The molecular formula is C60H104O6. The topological polar surface area (TPSA) is 78.9 Å². The van der Waals surface area contributed by atoms with E-state index in [2.05, 4.69) is 45.1 Å². The Kier molecular flexibility index (Phi) is 51.9. The SMILES string of the molecule is CC\C=C/C=C\C=C/C=C\C=C/CCCCCC(=O)OCC(COC(=O)CCCCCCCCC/C=C\CCCCCCCC)OC(=O)CCCCCCCCCCCCCCCCCC. The number of rotatable bonds is 50. The van der Waals surface area contributed by atoms with Crippen molar-refractivity contribution in [3.63, 3.8) is 0 Å². The standard InChI is InChI=1S/C60H104O6/c1-4-7-10-13-16-19-22-25-28-30-33-35-38-41-44-47-50-53-59(62)65-56-57(55-64-58(61)52-49-46-43-40-37-34-31-27-24-21-18-15-12-9-6-3)66-60(63)54-51-48-45-42-39-36-32-29-26-23-20-17-14-11-8-5-2/h9,12,15,18,21,24-25,27-28,31,34,37,57H,4-8,10-11,13-14,16-17,19-20,22-23,26,29-30,32-33,35-36,38-56H2,1-3H3/b12-9-,18-15-,24-21-,28-25-,31-27-,37-34-. The Labute approximate surface area is 408 Å². The molecule has 0 aliphatic carbocycles. The first-order chi connectivity index (χ1) is 32.5. The number of esters is 3. The number of hydrogen-bond donors (Lipinski definition) is 0. The third kappa shape index (κ3) is 51.8. The summed E-state index contributed by atoms with van der Waals surface area (Å²) in [5, 5.41) is 0. The number of unbranched alkanes of at least 4 members (excludes halogenated alkanes) is 31. The third-order valence-corrected chi connectivity index (χ3v) is 12.1. The molecule has 0 aromatic rings. The number of allylic oxidation sites excluding steroid dienone is 12. The minimum absolute atomic E-state index is 0.0895. The van der Waals surface area contributed by atoms with Crippen molar-refractivity contribution in [2.75, 3.05) is 13.2 Å². The van der Waals surface area contributed by atoms with E-state index in [1.54, 1.807) is 0 Å². The highest BCUT2D eigenvalue weighted by Gasteiger charge is 2.19. The first kappa shape index (κ1) is 62.8. The molecule has 0 aliphatic rings. The minimum atomic E-state index is -0.793. The smallest absolute Gasteiger partial charge is 0.306 e. The van der Waals surface area contributed by atoms with Crippen LogP contribution in [0, 0.1) is 0 Å². The summed E-state index contributed by atoms with van der Waals surface area (Å²) in [6.45, 7) is 6.47. The molecule has 0 rings (SSSR count). The number of hydrogen-bond acceptors (Lipinski definition) is 6. The van der Waals surface area contributed by atoms with Crippen LogP contribution in [0.2, 0.25) is 0 Å². The quantitative estimate of drug-likeness (QED) is 0.0199. The van der Waals surface area contributed by atoms with Crippen molar-refractivity contribution >= 4 is 17.9 Å². The third-order valence-electron chi connectivity index (χ3n) is 12.1. The van der Waals surface area contributed by atoms with E-state index in [-0.39, 0.29) is 31.1 Å². The molecule has 0 bridgehead atoms. The molecule has 0 saturated carbocycles. The molecule has 6 nitrogen and oxygen atoms in total. The van der Waals surface area contributed by atoms with E-state index in [0.717, 1.165) is 70.6 Å². The Morgan fingerprint density at radius 2 is 0.606 bits per heavy atom. The highest BCUT2D eigenvalue weighted by molar-refractivity contribution is 5.71. The Hall–Kier alpha value is -3.15. The molecule has 1 atom stereocenters. The van der Waals surface area contributed by atoms with E-state index < -0.39 is 6.10 Å². The highest BCUT2D eigenvalue weighted by atomic mass is 16.6. The van der Waals surface area contributed by atoms with Crippen molar-refractivity contribution in [2.45, 2.75) is 277 Å². The average Bonchev–Trinajstić information content (AvgIpc) is 3.31. The second-order valence-electron chi connectivity index (χ2n) is 18.6. The lowest BCUT2D eigenvalue weighted by Crippen LogP contribution is -2.30. The molecule has 1 unspecified atom stereocenters. The maximum absolute atomic E-state index is 12.8. The second kappa shape index (κ2) is 54.5. The van der Waals surface area contributed by atoms with E-state index in [4.69, 9.17) is 14.2 Å². The molecule has 0 saturated heterocycles. The molecule has 0 N–H and O–H groups in total. The van der Waals surface area contributed by atoms with Gasteiger partial charge < -0.3 is 14.2 Å². The number of ether oxygens (including phenoxy) is 3. The molecule has 0 radical (unpaired) electrons. The van der Waals surface area contributed by atoms with Gasteiger partial charge in [0.05, 0.1) is 0 Å². The summed E-state index contributed by atoms with van der Waals surface area (Å²) in [7, 11) is 0. The summed E-state index contributed by atoms with van der Waals surface area (Å²) < 4.78 is 16.8. The van der Waals surface area contributed by atoms with Crippen LogP contribution in [-0.4, -0.2) is 37.2 Å². The zero-order valence-electron chi connectivity index (χ0n) is 43.4. The van der Waals surface area contributed by atoms with Gasteiger partial charge in [-0.3, -0.25) is 14.4 Å². The Bertz CT molecular complexity index is 1240. The van der Waals surface area contributed by atoms with Crippen LogP contribution in [0.5, 0.6) is 0 Å². The molecule has 0 spiro atoms. The molecule has 0 aromatic heterocycles. The van der Waals surface area contributed by atoms with Gasteiger partial charge >= 0.3 is 17.9 Å². The van der Waals surface area contributed by atoms with Crippen molar-refractivity contribution in [1.29, 1.82) is 0 Å². The van der Waals surface area contributed by atoms with E-state index in [1.807, 2.05) is 48.6 Å². The summed E-state index contributed by atoms with van der Waals surface area (Å²) in [4.78, 5) is 38.1. The Balaban J connectivity index is 4.43. The summed E-state index contributed by atoms with van der Waals surface area (Å²) >= 11 is 0. The van der Waals surface area contributed by atoms with E-state index >= 15 is 0 Å². The van der Waals surface area contributed by atoms with Gasteiger partial charge in [0.15, 0.2) is 6.10 Å². The molecule has 0 heterocycles. The van der Waals surface area contributed by atoms with Crippen LogP contribution < -0.4 is 0 Å². The molecule has 380 valence electrons. The van der Waals surface area contributed by atoms with Gasteiger partial charge in [-0.25, -0.2) is 0 Å². The van der Waals surface area contributed by atoms with Crippen LogP contribution >= 0.6 is 0 Å². The molecule has 6 heteroatoms. The predicted molar refractivity (Wildman–Crippen MR) is 284 cm³/mol. The van der Waals surface area contributed by atoms with Crippen molar-refractivity contribution in [2.24, 2.45) is 0 Å². The van der Waals surface area contributed by atoms with E-state index in [0.29, 0.717) is 19.3 Å². The van der Waals surface area contributed by atoms with Gasteiger partial charge in [-0.1, -0.05) is 261 Å². The monoisotopic (exact) mass is 921 g/mol. The largest absolute Gasteiger partial charge is 0.462 e. The fourth-order valence-corrected chi connectivity index (χ4v) is 7.87. The molecule has 0 fully saturated rings. The molecule has 0 amide bonds. The van der Waals surface area contributed by atoms with Crippen LogP contribution in [0.1, 0.15) is 271 Å². The van der Waals surface area contributed by atoms with Crippen LogP contribution in [0.15, 0.2) is 72.9 Å². The zero-order chi connectivity index (χ0) is 47.9. The molecule has 66 heavy (non-hydrogen) atoms. The lowest BCUT2D eigenvalue weighted by molar-refractivity contribution is -0.167. The van der Waals surface area contributed by atoms with Crippen molar-refractivity contribution in [3.8, 4) is 0 Å². The maximum atomic E-state index is 12.8. The van der Waals surface area contributed by atoms with Crippen LogP contribution in [0.25, 0.3) is 0 Å². The molecule has 0 aromatic carbocycles. The van der Waals surface area contributed by atoms with Gasteiger partial charge in [-0.15, -0.1) is 0 Å². The molecule has 0 aliphatic heterocycles. The van der Waals surface area contributed by atoms with Gasteiger partial charge in [0.2, 0.25) is 0 Å². The van der Waals surface area contributed by atoms with Gasteiger partial charge in [-0.05, 0) is 64.2 Å². The van der Waals surface area contributed by atoms with E-state index in [9.17, 15) is 14.4 Å². The minimum Gasteiger partial charge on any atom is -0.462 e. The van der Waals surface area contributed by atoms with Crippen LogP contribution in [0.3, 0.4) is 0 Å². The lowest BCUT2D eigenvalue weighted by Gasteiger charge is -2.18. The van der Waals surface area contributed by atoms with Crippen LogP contribution in [-0.2, 0) is 28.6 Å². The fourth-order valence-electron chi connectivity index (χ4n) is 7.87. The summed E-state index contributed by atoms with van der Waals surface area (Å²) in [5.74, 6) is -0.927. The lowest BCUT2D eigenvalue weighted by atomic mass is 10.0. The Morgan fingerprint density at radius 1 is 0.318 bits per heavy atom. The number of carbonyl (C=O) groups is 3. The van der Waals surface area contributed by atoms with Gasteiger partial charge in [0.1, 0.15) is 13.2 Å². The first-order valence-electron chi connectivity index (χ1n) is 28.0. The van der Waals surface area contributed by atoms with Crippen molar-refractivity contribution in [3.05, 3.63) is 72.9 Å². The predicted octanol–water partition coefficient (Wildman–Crippen LogP) is 18.6. The van der Waals surface area contributed by atoms with Crippen molar-refractivity contribution < 1.29 is 28.6 Å². The molecular weight excluding hydrogens is 817 g/mol.